The van der Waals surface area contributed by atoms with Gasteiger partial charge in [0.1, 0.15) is 11.6 Å². The SMILES string of the molecule is CCC1CCC(Oc2ccc(F)cc2[C@H](C)O)CC1. The molecule has 1 atom stereocenters. The third-order valence-electron chi connectivity index (χ3n) is 4.09. The predicted octanol–water partition coefficient (Wildman–Crippen LogP) is 4.23. The van der Waals surface area contributed by atoms with Crippen molar-refractivity contribution in [3.8, 4) is 5.75 Å². The van der Waals surface area contributed by atoms with Crippen molar-refractivity contribution in [2.45, 2.75) is 58.2 Å². The maximum absolute atomic E-state index is 13.2. The van der Waals surface area contributed by atoms with Crippen LogP contribution in [0.3, 0.4) is 0 Å². The maximum atomic E-state index is 13.2. The van der Waals surface area contributed by atoms with Crippen LogP contribution in [0, 0.1) is 11.7 Å². The Morgan fingerprint density at radius 2 is 2.00 bits per heavy atom. The molecule has 0 heterocycles. The molecule has 106 valence electrons. The monoisotopic (exact) mass is 266 g/mol. The van der Waals surface area contributed by atoms with E-state index in [1.807, 2.05) is 0 Å². The molecule has 1 saturated carbocycles. The molecule has 19 heavy (non-hydrogen) atoms. The summed E-state index contributed by atoms with van der Waals surface area (Å²) in [6.45, 7) is 3.87. The van der Waals surface area contributed by atoms with Crippen molar-refractivity contribution in [1.29, 1.82) is 0 Å². The van der Waals surface area contributed by atoms with Gasteiger partial charge in [-0.1, -0.05) is 13.3 Å². The quantitative estimate of drug-likeness (QED) is 0.883. The van der Waals surface area contributed by atoms with Crippen molar-refractivity contribution < 1.29 is 14.2 Å². The van der Waals surface area contributed by atoms with Crippen molar-refractivity contribution >= 4 is 0 Å². The first kappa shape index (κ1) is 14.3. The first-order valence-corrected chi connectivity index (χ1v) is 7.24. The summed E-state index contributed by atoms with van der Waals surface area (Å²) in [5.41, 5.74) is 0.539. The summed E-state index contributed by atoms with van der Waals surface area (Å²) >= 11 is 0. The zero-order valence-corrected chi connectivity index (χ0v) is 11.7. The predicted molar refractivity (Wildman–Crippen MR) is 73.7 cm³/mol. The molecule has 1 N–H and O–H groups in total. The van der Waals surface area contributed by atoms with Crippen LogP contribution in [0.2, 0.25) is 0 Å². The average molecular weight is 266 g/mol. The van der Waals surface area contributed by atoms with E-state index in [-0.39, 0.29) is 11.9 Å². The standard InChI is InChI=1S/C16H23FO2/c1-3-12-4-7-14(8-5-12)19-16-9-6-13(17)10-15(16)11(2)18/h6,9-12,14,18H,3-5,7-8H2,1-2H3/t11-,12?,14?/m0/s1. The highest BCUT2D eigenvalue weighted by molar-refractivity contribution is 5.35. The van der Waals surface area contributed by atoms with Gasteiger partial charge in [-0.05, 0) is 56.7 Å². The highest BCUT2D eigenvalue weighted by Crippen LogP contribution is 2.32. The highest BCUT2D eigenvalue weighted by Gasteiger charge is 2.22. The van der Waals surface area contributed by atoms with Crippen molar-refractivity contribution in [3.05, 3.63) is 29.6 Å². The molecular weight excluding hydrogens is 243 g/mol. The van der Waals surface area contributed by atoms with Crippen LogP contribution in [-0.2, 0) is 0 Å². The van der Waals surface area contributed by atoms with E-state index in [0.717, 1.165) is 18.8 Å². The zero-order chi connectivity index (χ0) is 13.8. The molecule has 1 aromatic carbocycles. The number of halogens is 1. The van der Waals surface area contributed by atoms with Gasteiger partial charge in [-0.25, -0.2) is 4.39 Å². The van der Waals surface area contributed by atoms with E-state index in [9.17, 15) is 9.50 Å². The second-order valence-electron chi connectivity index (χ2n) is 5.53. The number of aliphatic hydroxyl groups is 1. The van der Waals surface area contributed by atoms with Crippen LogP contribution in [0.25, 0.3) is 0 Å². The number of rotatable bonds is 4. The number of hydrogen-bond acceptors (Lipinski definition) is 2. The van der Waals surface area contributed by atoms with Gasteiger partial charge in [-0.2, -0.15) is 0 Å². The molecule has 1 aliphatic rings. The van der Waals surface area contributed by atoms with Crippen LogP contribution in [0.1, 0.15) is 57.6 Å². The van der Waals surface area contributed by atoms with E-state index in [2.05, 4.69) is 6.92 Å². The van der Waals surface area contributed by atoms with E-state index in [1.165, 1.54) is 31.4 Å². The van der Waals surface area contributed by atoms with E-state index in [4.69, 9.17) is 4.74 Å². The van der Waals surface area contributed by atoms with Gasteiger partial charge in [0.2, 0.25) is 0 Å². The Labute approximate surface area is 114 Å². The van der Waals surface area contributed by atoms with Crippen LogP contribution in [0.4, 0.5) is 4.39 Å². The molecule has 3 heteroatoms. The van der Waals surface area contributed by atoms with Gasteiger partial charge in [-0.3, -0.25) is 0 Å². The highest BCUT2D eigenvalue weighted by atomic mass is 19.1. The van der Waals surface area contributed by atoms with Crippen LogP contribution < -0.4 is 4.74 Å². The summed E-state index contributed by atoms with van der Waals surface area (Å²) in [4.78, 5) is 0. The van der Waals surface area contributed by atoms with Gasteiger partial charge in [0.05, 0.1) is 12.2 Å². The lowest BCUT2D eigenvalue weighted by atomic mass is 9.86. The minimum atomic E-state index is -0.710. The third-order valence-corrected chi connectivity index (χ3v) is 4.09. The van der Waals surface area contributed by atoms with Crippen molar-refractivity contribution in [2.24, 2.45) is 5.92 Å². The molecule has 2 nitrogen and oxygen atoms in total. The zero-order valence-electron chi connectivity index (χ0n) is 11.7. The second kappa shape index (κ2) is 6.38. The van der Waals surface area contributed by atoms with Crippen molar-refractivity contribution in [2.75, 3.05) is 0 Å². The first-order valence-electron chi connectivity index (χ1n) is 7.24. The molecule has 0 saturated heterocycles. The van der Waals surface area contributed by atoms with Crippen LogP contribution in [0.15, 0.2) is 18.2 Å². The van der Waals surface area contributed by atoms with Gasteiger partial charge in [0.25, 0.3) is 0 Å². The largest absolute Gasteiger partial charge is 0.490 e. The normalized spacial score (nSPS) is 25.1. The minimum Gasteiger partial charge on any atom is -0.490 e. The molecule has 1 aliphatic carbocycles. The molecule has 0 unspecified atom stereocenters. The molecule has 0 aromatic heterocycles. The molecule has 1 aromatic rings. The first-order chi connectivity index (χ1) is 9.10. The molecule has 2 rings (SSSR count). The molecule has 0 spiro atoms. The topological polar surface area (TPSA) is 29.5 Å². The van der Waals surface area contributed by atoms with E-state index in [0.29, 0.717) is 11.3 Å². The number of hydrogen-bond donors (Lipinski definition) is 1. The lowest BCUT2D eigenvalue weighted by Crippen LogP contribution is -2.24. The van der Waals surface area contributed by atoms with Gasteiger partial charge in [0.15, 0.2) is 0 Å². The Bertz CT molecular complexity index is 409. The van der Waals surface area contributed by atoms with Crippen molar-refractivity contribution in [3.63, 3.8) is 0 Å². The van der Waals surface area contributed by atoms with Crippen molar-refractivity contribution in [1.82, 2.24) is 0 Å². The lowest BCUT2D eigenvalue weighted by Gasteiger charge is -2.29. The Morgan fingerprint density at radius 1 is 1.32 bits per heavy atom. The second-order valence-corrected chi connectivity index (χ2v) is 5.53. The fourth-order valence-electron chi connectivity index (χ4n) is 2.79. The average Bonchev–Trinajstić information content (AvgIpc) is 2.41. The summed E-state index contributed by atoms with van der Waals surface area (Å²) in [5, 5.41) is 9.69. The lowest BCUT2D eigenvalue weighted by molar-refractivity contribution is 0.122. The van der Waals surface area contributed by atoms with Gasteiger partial charge in [0, 0.05) is 5.56 Å². The van der Waals surface area contributed by atoms with Gasteiger partial charge in [-0.15, -0.1) is 0 Å². The minimum absolute atomic E-state index is 0.200. The van der Waals surface area contributed by atoms with E-state index < -0.39 is 6.10 Å². The summed E-state index contributed by atoms with van der Waals surface area (Å²) in [6, 6.07) is 4.37. The van der Waals surface area contributed by atoms with Crippen LogP contribution >= 0.6 is 0 Å². The molecule has 1 fully saturated rings. The summed E-state index contributed by atoms with van der Waals surface area (Å²) in [7, 11) is 0. The fourth-order valence-corrected chi connectivity index (χ4v) is 2.79. The summed E-state index contributed by atoms with van der Waals surface area (Å²) < 4.78 is 19.2. The molecule has 0 aliphatic heterocycles. The fraction of sp³-hybridized carbons (Fsp3) is 0.625. The van der Waals surface area contributed by atoms with Crippen LogP contribution in [-0.4, -0.2) is 11.2 Å². The Morgan fingerprint density at radius 3 is 2.58 bits per heavy atom. The molecule has 0 amide bonds. The van der Waals surface area contributed by atoms with Gasteiger partial charge >= 0.3 is 0 Å². The maximum Gasteiger partial charge on any atom is 0.125 e. The third kappa shape index (κ3) is 3.69. The number of aliphatic hydroxyl groups excluding tert-OH is 1. The molecular formula is C16H23FO2. The Balaban J connectivity index is 2.03. The van der Waals surface area contributed by atoms with Crippen LogP contribution in [0.5, 0.6) is 5.75 Å². The molecule has 0 bridgehead atoms. The van der Waals surface area contributed by atoms with E-state index in [1.54, 1.807) is 13.0 Å². The Kier molecular flexibility index (Phi) is 4.81. The summed E-state index contributed by atoms with van der Waals surface area (Å²) in [6.07, 6.45) is 5.23. The Hall–Kier alpha value is -1.09. The van der Waals surface area contributed by atoms with Gasteiger partial charge < -0.3 is 9.84 Å². The number of benzene rings is 1. The smallest absolute Gasteiger partial charge is 0.125 e. The molecule has 0 radical (unpaired) electrons. The van der Waals surface area contributed by atoms with E-state index >= 15 is 0 Å². The number of ether oxygens (including phenoxy) is 1. The summed E-state index contributed by atoms with van der Waals surface area (Å²) in [5.74, 6) is 1.11.